The fourth-order valence-corrected chi connectivity index (χ4v) is 3.91. The molecular formula is C13H19N3O4S. The van der Waals surface area contributed by atoms with Gasteiger partial charge in [-0.05, 0) is 37.1 Å². The summed E-state index contributed by atoms with van der Waals surface area (Å²) in [5, 5.41) is 0. The Kier molecular flexibility index (Phi) is 4.81. The standard InChI is InChI=1S/C13H19N3O4S/c1-20-11-4-6-12(7-5-11)21(18,19)16-8-2-3-10(9-16)13(17)15-14/h4-7,10H,2-3,8-9,14H2,1H3,(H,15,17)/t10-/m0/s1. The second kappa shape index (κ2) is 6.42. The lowest BCUT2D eigenvalue weighted by Gasteiger charge is -2.30. The van der Waals surface area contributed by atoms with Crippen molar-refractivity contribution in [3.63, 3.8) is 0 Å². The monoisotopic (exact) mass is 313 g/mol. The molecule has 0 bridgehead atoms. The smallest absolute Gasteiger partial charge is 0.243 e. The maximum Gasteiger partial charge on any atom is 0.243 e. The highest BCUT2D eigenvalue weighted by atomic mass is 32.2. The van der Waals surface area contributed by atoms with Crippen molar-refractivity contribution in [2.24, 2.45) is 11.8 Å². The zero-order valence-electron chi connectivity index (χ0n) is 11.8. The van der Waals surface area contributed by atoms with Gasteiger partial charge in [-0.15, -0.1) is 0 Å². The van der Waals surface area contributed by atoms with Gasteiger partial charge in [-0.2, -0.15) is 4.31 Å². The third-order valence-electron chi connectivity index (χ3n) is 3.59. The number of nitrogens with zero attached hydrogens (tertiary/aromatic N) is 1. The van der Waals surface area contributed by atoms with Crippen LogP contribution >= 0.6 is 0 Å². The van der Waals surface area contributed by atoms with Crippen LogP contribution < -0.4 is 16.0 Å². The third kappa shape index (κ3) is 3.34. The molecule has 1 aliphatic rings. The molecule has 0 saturated carbocycles. The van der Waals surface area contributed by atoms with Gasteiger partial charge in [0, 0.05) is 13.1 Å². The first-order chi connectivity index (χ1) is 9.98. The molecule has 7 nitrogen and oxygen atoms in total. The van der Waals surface area contributed by atoms with E-state index in [1.165, 1.54) is 23.5 Å². The van der Waals surface area contributed by atoms with E-state index in [0.29, 0.717) is 25.1 Å². The number of sulfonamides is 1. The van der Waals surface area contributed by atoms with Crippen LogP contribution in [-0.4, -0.2) is 38.8 Å². The molecule has 0 spiro atoms. The molecule has 1 fully saturated rings. The number of benzene rings is 1. The average molecular weight is 313 g/mol. The molecule has 2 rings (SSSR count). The number of ether oxygens (including phenoxy) is 1. The SMILES string of the molecule is COc1ccc(S(=O)(=O)N2CCC[C@H](C(=O)NN)C2)cc1. The van der Waals surface area contributed by atoms with Gasteiger partial charge in [0.25, 0.3) is 0 Å². The lowest BCUT2D eigenvalue weighted by Crippen LogP contribution is -2.46. The van der Waals surface area contributed by atoms with E-state index in [1.807, 2.05) is 0 Å². The largest absolute Gasteiger partial charge is 0.497 e. The van der Waals surface area contributed by atoms with E-state index >= 15 is 0 Å². The molecule has 8 heteroatoms. The first-order valence-corrected chi connectivity index (χ1v) is 8.07. The second-order valence-electron chi connectivity index (χ2n) is 4.89. The number of hydrogen-bond acceptors (Lipinski definition) is 5. The van der Waals surface area contributed by atoms with Gasteiger partial charge in [-0.1, -0.05) is 0 Å². The predicted molar refractivity (Wildman–Crippen MR) is 76.8 cm³/mol. The van der Waals surface area contributed by atoms with Crippen molar-refractivity contribution in [1.29, 1.82) is 0 Å². The van der Waals surface area contributed by atoms with Crippen LogP contribution in [0.4, 0.5) is 0 Å². The highest BCUT2D eigenvalue weighted by Gasteiger charge is 2.33. The zero-order valence-corrected chi connectivity index (χ0v) is 12.6. The Hall–Kier alpha value is -1.64. The van der Waals surface area contributed by atoms with Gasteiger partial charge < -0.3 is 4.74 Å². The first-order valence-electron chi connectivity index (χ1n) is 6.63. The molecule has 1 aliphatic heterocycles. The number of carbonyl (C=O) groups excluding carboxylic acids is 1. The van der Waals surface area contributed by atoms with Crippen molar-refractivity contribution in [3.05, 3.63) is 24.3 Å². The van der Waals surface area contributed by atoms with Gasteiger partial charge in [0.1, 0.15) is 5.75 Å². The van der Waals surface area contributed by atoms with Gasteiger partial charge in [-0.3, -0.25) is 10.2 Å². The van der Waals surface area contributed by atoms with Crippen molar-refractivity contribution in [1.82, 2.24) is 9.73 Å². The lowest BCUT2D eigenvalue weighted by molar-refractivity contribution is -0.126. The van der Waals surface area contributed by atoms with Crippen LogP contribution in [0.1, 0.15) is 12.8 Å². The van der Waals surface area contributed by atoms with E-state index in [1.54, 1.807) is 12.1 Å². The number of methoxy groups -OCH3 is 1. The minimum absolute atomic E-state index is 0.150. The highest BCUT2D eigenvalue weighted by molar-refractivity contribution is 7.89. The molecule has 3 N–H and O–H groups in total. The summed E-state index contributed by atoms with van der Waals surface area (Å²) in [5.41, 5.74) is 2.08. The van der Waals surface area contributed by atoms with Crippen molar-refractivity contribution in [2.75, 3.05) is 20.2 Å². The summed E-state index contributed by atoms with van der Waals surface area (Å²) in [4.78, 5) is 11.8. The van der Waals surface area contributed by atoms with Crippen molar-refractivity contribution < 1.29 is 17.9 Å². The molecule has 1 aromatic carbocycles. The number of piperidine rings is 1. The minimum atomic E-state index is -3.60. The highest BCUT2D eigenvalue weighted by Crippen LogP contribution is 2.25. The molecule has 0 radical (unpaired) electrons. The molecule has 1 amide bonds. The number of nitrogens with two attached hydrogens (primary N) is 1. The van der Waals surface area contributed by atoms with Crippen molar-refractivity contribution in [3.8, 4) is 5.75 Å². The Morgan fingerprint density at radius 2 is 2.05 bits per heavy atom. The Morgan fingerprint density at radius 1 is 1.38 bits per heavy atom. The number of rotatable bonds is 4. The summed E-state index contributed by atoms with van der Waals surface area (Å²) < 4.78 is 31.5. The minimum Gasteiger partial charge on any atom is -0.497 e. The van der Waals surface area contributed by atoms with Crippen molar-refractivity contribution in [2.45, 2.75) is 17.7 Å². The first kappa shape index (κ1) is 15.7. The molecule has 21 heavy (non-hydrogen) atoms. The number of amides is 1. The van der Waals surface area contributed by atoms with E-state index in [2.05, 4.69) is 5.43 Å². The number of carbonyl (C=O) groups is 1. The number of hydrogen-bond donors (Lipinski definition) is 2. The summed E-state index contributed by atoms with van der Waals surface area (Å²) in [5.74, 6) is 4.97. The quantitative estimate of drug-likeness (QED) is 0.466. The summed E-state index contributed by atoms with van der Waals surface area (Å²) >= 11 is 0. The molecule has 0 aromatic heterocycles. The summed E-state index contributed by atoms with van der Waals surface area (Å²) in [6, 6.07) is 6.20. The van der Waals surface area contributed by atoms with Crippen LogP contribution in [-0.2, 0) is 14.8 Å². The van der Waals surface area contributed by atoms with Crippen molar-refractivity contribution >= 4 is 15.9 Å². The van der Waals surface area contributed by atoms with Crippen LogP contribution in [0.5, 0.6) is 5.75 Å². The number of hydrazine groups is 1. The van der Waals surface area contributed by atoms with Crippen LogP contribution in [0, 0.1) is 5.92 Å². The van der Waals surface area contributed by atoms with E-state index in [-0.39, 0.29) is 17.3 Å². The summed E-state index contributed by atoms with van der Waals surface area (Å²) in [7, 11) is -2.09. The van der Waals surface area contributed by atoms with E-state index < -0.39 is 15.9 Å². The van der Waals surface area contributed by atoms with Gasteiger partial charge in [0.2, 0.25) is 15.9 Å². The van der Waals surface area contributed by atoms with E-state index in [4.69, 9.17) is 10.6 Å². The molecule has 0 unspecified atom stereocenters. The van der Waals surface area contributed by atoms with Crippen LogP contribution in [0.2, 0.25) is 0 Å². The maximum absolute atomic E-state index is 12.6. The molecular weight excluding hydrogens is 294 g/mol. The average Bonchev–Trinajstić information content (AvgIpc) is 2.54. The fourth-order valence-electron chi connectivity index (χ4n) is 2.39. The van der Waals surface area contributed by atoms with Gasteiger partial charge in [0.15, 0.2) is 0 Å². The van der Waals surface area contributed by atoms with E-state index in [9.17, 15) is 13.2 Å². The topological polar surface area (TPSA) is 102 Å². The van der Waals surface area contributed by atoms with Gasteiger partial charge >= 0.3 is 0 Å². The molecule has 116 valence electrons. The third-order valence-corrected chi connectivity index (χ3v) is 5.47. The molecule has 1 aromatic rings. The van der Waals surface area contributed by atoms with Crippen LogP contribution in [0.25, 0.3) is 0 Å². The Balaban J connectivity index is 2.19. The molecule has 1 saturated heterocycles. The summed E-state index contributed by atoms with van der Waals surface area (Å²) in [6.45, 7) is 0.556. The molecule has 1 atom stereocenters. The predicted octanol–water partition coefficient (Wildman–Crippen LogP) is 0.0858. The van der Waals surface area contributed by atoms with Gasteiger partial charge in [-0.25, -0.2) is 14.3 Å². The van der Waals surface area contributed by atoms with Crippen LogP contribution in [0.15, 0.2) is 29.2 Å². The zero-order chi connectivity index (χ0) is 15.5. The Bertz CT molecular complexity index is 600. The second-order valence-corrected chi connectivity index (χ2v) is 6.82. The Morgan fingerprint density at radius 3 is 2.62 bits per heavy atom. The Labute approximate surface area is 124 Å². The maximum atomic E-state index is 12.6. The molecule has 1 heterocycles. The fraction of sp³-hybridized carbons (Fsp3) is 0.462. The van der Waals surface area contributed by atoms with E-state index in [0.717, 1.165) is 0 Å². The summed E-state index contributed by atoms with van der Waals surface area (Å²) in [6.07, 6.45) is 1.27. The number of nitrogens with one attached hydrogen (secondary N) is 1. The lowest BCUT2D eigenvalue weighted by atomic mass is 9.99. The molecule has 0 aliphatic carbocycles. The van der Waals surface area contributed by atoms with Gasteiger partial charge in [0.05, 0.1) is 17.9 Å². The normalized spacial score (nSPS) is 20.0. The van der Waals surface area contributed by atoms with Crippen LogP contribution in [0.3, 0.4) is 0 Å².